The number of carboxylic acid groups (broad SMARTS) is 2. The molecule has 20 heavy (non-hydrogen) atoms. The summed E-state index contributed by atoms with van der Waals surface area (Å²) in [5.41, 5.74) is -0.944. The molecule has 0 heterocycles. The molecule has 0 saturated heterocycles. The first kappa shape index (κ1) is 14.5. The maximum atomic E-state index is 11.3. The molecule has 0 unspecified atom stereocenters. The first-order valence-corrected chi connectivity index (χ1v) is 7.89. The van der Waals surface area contributed by atoms with Crippen LogP contribution in [-0.2, 0) is 9.59 Å². The third-order valence-electron chi connectivity index (χ3n) is 5.66. The summed E-state index contributed by atoms with van der Waals surface area (Å²) in [4.78, 5) is 22.7. The second-order valence-electron chi connectivity index (χ2n) is 7.09. The van der Waals surface area contributed by atoms with Crippen molar-refractivity contribution in [2.75, 3.05) is 0 Å². The number of halogens is 2. The van der Waals surface area contributed by atoms with Crippen LogP contribution in [0.3, 0.4) is 0 Å². The molecular formula is C14H18Cl2O4. The summed E-state index contributed by atoms with van der Waals surface area (Å²) < 4.78 is 0. The maximum Gasteiger partial charge on any atom is 0.322 e. The quantitative estimate of drug-likeness (QED) is 0.781. The van der Waals surface area contributed by atoms with Crippen LogP contribution in [0, 0.1) is 22.7 Å². The lowest BCUT2D eigenvalue weighted by Gasteiger charge is -2.63. The molecule has 4 nitrogen and oxygen atoms in total. The Hall–Kier alpha value is -0.480. The molecule has 4 aliphatic carbocycles. The fourth-order valence-electron chi connectivity index (χ4n) is 5.52. The number of carboxylic acids is 2. The van der Waals surface area contributed by atoms with Crippen molar-refractivity contribution in [3.8, 4) is 0 Å². The van der Waals surface area contributed by atoms with Gasteiger partial charge < -0.3 is 10.2 Å². The van der Waals surface area contributed by atoms with Crippen LogP contribution in [0.5, 0.6) is 0 Å². The molecule has 4 saturated carbocycles. The predicted octanol–water partition coefficient (Wildman–Crippen LogP) is 2.96. The highest BCUT2D eigenvalue weighted by Crippen LogP contribution is 2.68. The van der Waals surface area contributed by atoms with Gasteiger partial charge in [-0.15, -0.1) is 23.2 Å². The summed E-state index contributed by atoms with van der Waals surface area (Å²) in [6, 6.07) is 0. The van der Waals surface area contributed by atoms with Gasteiger partial charge in [0, 0.05) is 0 Å². The summed E-state index contributed by atoms with van der Waals surface area (Å²) >= 11 is 12.4. The Bertz CT molecular complexity index is 412. The SMILES string of the molecule is O=C(O)[C@H](Cl)C12CC3CC(C1)CC([C@@H](Cl)C(=O)O)(C3)C2. The molecule has 112 valence electrons. The summed E-state index contributed by atoms with van der Waals surface area (Å²) in [7, 11) is 0. The van der Waals surface area contributed by atoms with E-state index in [1.54, 1.807) is 0 Å². The van der Waals surface area contributed by atoms with Crippen LogP contribution in [0.1, 0.15) is 38.5 Å². The van der Waals surface area contributed by atoms with E-state index in [1.807, 2.05) is 0 Å². The Balaban J connectivity index is 1.97. The van der Waals surface area contributed by atoms with E-state index >= 15 is 0 Å². The fourth-order valence-corrected chi connectivity index (χ4v) is 6.03. The Labute approximate surface area is 127 Å². The van der Waals surface area contributed by atoms with Gasteiger partial charge in [-0.05, 0) is 61.2 Å². The molecule has 4 rings (SSSR count). The third kappa shape index (κ3) is 1.95. The highest BCUT2D eigenvalue weighted by Gasteiger charge is 2.63. The van der Waals surface area contributed by atoms with Crippen LogP contribution in [0.2, 0.25) is 0 Å². The zero-order chi connectivity index (χ0) is 14.7. The number of rotatable bonds is 4. The minimum Gasteiger partial charge on any atom is -0.480 e. The van der Waals surface area contributed by atoms with Crippen molar-refractivity contribution >= 4 is 35.1 Å². The normalized spacial score (nSPS) is 45.1. The lowest BCUT2D eigenvalue weighted by molar-refractivity contribution is -0.158. The Morgan fingerprint density at radius 2 is 1.25 bits per heavy atom. The van der Waals surface area contributed by atoms with Gasteiger partial charge in [0.2, 0.25) is 0 Å². The van der Waals surface area contributed by atoms with E-state index in [0.29, 0.717) is 18.3 Å². The van der Waals surface area contributed by atoms with Gasteiger partial charge in [-0.3, -0.25) is 9.59 Å². The molecule has 4 fully saturated rings. The molecule has 0 amide bonds. The van der Waals surface area contributed by atoms with Gasteiger partial charge in [0.1, 0.15) is 10.8 Å². The second-order valence-corrected chi connectivity index (χ2v) is 7.96. The standard InChI is InChI=1S/C14H18Cl2O4/c15-9(11(17)18)13-2-7-1-8(4-13)5-14(3-7,6-13)10(16)12(19)20/h7-10H,1-6H2,(H,17,18)(H,19,20)/t7?,8?,9-,10-,13?,14?/m0/s1. The van der Waals surface area contributed by atoms with Crippen LogP contribution in [0.25, 0.3) is 0 Å². The van der Waals surface area contributed by atoms with Gasteiger partial charge in [0.05, 0.1) is 0 Å². The average molecular weight is 321 g/mol. The smallest absolute Gasteiger partial charge is 0.322 e. The molecule has 0 aromatic carbocycles. The van der Waals surface area contributed by atoms with Crippen molar-refractivity contribution in [2.45, 2.75) is 49.3 Å². The number of hydrogen-bond acceptors (Lipinski definition) is 2. The topological polar surface area (TPSA) is 74.6 Å². The molecule has 0 aliphatic heterocycles. The minimum absolute atomic E-state index is 0.373. The molecule has 6 heteroatoms. The number of alkyl halides is 2. The molecule has 0 radical (unpaired) electrons. The van der Waals surface area contributed by atoms with E-state index in [2.05, 4.69) is 0 Å². The zero-order valence-corrected chi connectivity index (χ0v) is 12.5. The minimum atomic E-state index is -0.995. The lowest BCUT2D eigenvalue weighted by Crippen LogP contribution is -2.60. The highest BCUT2D eigenvalue weighted by molar-refractivity contribution is 6.31. The van der Waals surface area contributed by atoms with E-state index < -0.39 is 33.5 Å². The Kier molecular flexibility index (Phi) is 3.26. The maximum absolute atomic E-state index is 11.3. The Morgan fingerprint density at radius 1 is 0.900 bits per heavy atom. The van der Waals surface area contributed by atoms with Crippen molar-refractivity contribution < 1.29 is 19.8 Å². The van der Waals surface area contributed by atoms with Gasteiger partial charge in [-0.2, -0.15) is 0 Å². The van der Waals surface area contributed by atoms with E-state index in [4.69, 9.17) is 23.2 Å². The predicted molar refractivity (Wildman–Crippen MR) is 74.1 cm³/mol. The summed E-state index contributed by atoms with van der Waals surface area (Å²) in [6.45, 7) is 0. The van der Waals surface area contributed by atoms with E-state index in [0.717, 1.165) is 32.1 Å². The van der Waals surface area contributed by atoms with Crippen LogP contribution in [0.4, 0.5) is 0 Å². The van der Waals surface area contributed by atoms with Gasteiger partial charge in [0.15, 0.2) is 0 Å². The van der Waals surface area contributed by atoms with E-state index in [9.17, 15) is 19.8 Å². The van der Waals surface area contributed by atoms with Crippen molar-refractivity contribution in [2.24, 2.45) is 22.7 Å². The molecule has 0 aromatic rings. The lowest BCUT2D eigenvalue weighted by atomic mass is 9.42. The molecular weight excluding hydrogens is 303 g/mol. The van der Waals surface area contributed by atoms with Crippen molar-refractivity contribution in [3.63, 3.8) is 0 Å². The number of aliphatic carboxylic acids is 2. The van der Waals surface area contributed by atoms with E-state index in [1.165, 1.54) is 0 Å². The van der Waals surface area contributed by atoms with Crippen LogP contribution < -0.4 is 0 Å². The van der Waals surface area contributed by atoms with Crippen LogP contribution in [-0.4, -0.2) is 32.9 Å². The van der Waals surface area contributed by atoms with Gasteiger partial charge in [-0.25, -0.2) is 0 Å². The fraction of sp³-hybridized carbons (Fsp3) is 0.857. The number of hydrogen-bond donors (Lipinski definition) is 2. The molecule has 4 bridgehead atoms. The molecule has 2 N–H and O–H groups in total. The molecule has 2 atom stereocenters. The third-order valence-corrected chi connectivity index (χ3v) is 6.96. The van der Waals surface area contributed by atoms with Crippen LogP contribution >= 0.6 is 23.2 Å². The summed E-state index contributed by atoms with van der Waals surface area (Å²) in [5.74, 6) is -1.25. The zero-order valence-electron chi connectivity index (χ0n) is 11.0. The molecule has 0 aromatic heterocycles. The second kappa shape index (κ2) is 4.51. The summed E-state index contributed by atoms with van der Waals surface area (Å²) in [6.07, 6.45) is 4.80. The van der Waals surface area contributed by atoms with Crippen molar-refractivity contribution in [3.05, 3.63) is 0 Å². The average Bonchev–Trinajstić information content (AvgIpc) is 2.35. The Morgan fingerprint density at radius 3 is 1.55 bits per heavy atom. The summed E-state index contributed by atoms with van der Waals surface area (Å²) in [5, 5.41) is 16.7. The van der Waals surface area contributed by atoms with Gasteiger partial charge in [0.25, 0.3) is 0 Å². The largest absolute Gasteiger partial charge is 0.480 e. The highest BCUT2D eigenvalue weighted by atomic mass is 35.5. The van der Waals surface area contributed by atoms with Crippen LogP contribution in [0.15, 0.2) is 0 Å². The van der Waals surface area contributed by atoms with E-state index in [-0.39, 0.29) is 0 Å². The van der Waals surface area contributed by atoms with Crippen molar-refractivity contribution in [1.82, 2.24) is 0 Å². The van der Waals surface area contributed by atoms with Crippen molar-refractivity contribution in [1.29, 1.82) is 0 Å². The molecule has 4 aliphatic rings. The first-order chi connectivity index (χ1) is 9.28. The number of carbonyl (C=O) groups is 2. The first-order valence-electron chi connectivity index (χ1n) is 7.02. The van der Waals surface area contributed by atoms with Gasteiger partial charge in [-0.1, -0.05) is 0 Å². The monoisotopic (exact) mass is 320 g/mol. The van der Waals surface area contributed by atoms with Gasteiger partial charge >= 0.3 is 11.9 Å². The molecule has 0 spiro atoms.